The summed E-state index contributed by atoms with van der Waals surface area (Å²) in [6, 6.07) is 10.4. The quantitative estimate of drug-likeness (QED) is 0.418. The number of rotatable bonds is 2. The Bertz CT molecular complexity index is 318. The van der Waals surface area contributed by atoms with E-state index < -0.39 is 0 Å². The molecule has 1 aliphatic rings. The summed E-state index contributed by atoms with van der Waals surface area (Å²) in [5, 5.41) is 11.8. The van der Waals surface area contributed by atoms with Gasteiger partial charge in [-0.05, 0) is 24.8 Å². The van der Waals surface area contributed by atoms with Crippen LogP contribution in [0.3, 0.4) is 0 Å². The Balaban J connectivity index is 2.09. The van der Waals surface area contributed by atoms with Gasteiger partial charge in [-0.2, -0.15) is 0 Å². The summed E-state index contributed by atoms with van der Waals surface area (Å²) in [7, 11) is 0. The maximum absolute atomic E-state index is 8.60. The number of hydrogen-bond donors (Lipinski definition) is 1. The molecule has 2 atom stereocenters. The normalized spacial score (nSPS) is 27.3. The zero-order valence-electron chi connectivity index (χ0n) is 7.64. The van der Waals surface area contributed by atoms with E-state index in [4.69, 9.17) is 5.21 Å². The minimum atomic E-state index is 0.465. The van der Waals surface area contributed by atoms with Crippen LogP contribution in [0.25, 0.3) is 0 Å². The molecule has 0 saturated heterocycles. The fourth-order valence-electron chi connectivity index (χ4n) is 1.80. The fraction of sp³-hybridized carbons (Fsp3) is 0.364. The van der Waals surface area contributed by atoms with Crippen molar-refractivity contribution in [1.29, 1.82) is 0 Å². The monoisotopic (exact) mass is 175 g/mol. The van der Waals surface area contributed by atoms with Crippen molar-refractivity contribution in [2.45, 2.75) is 19.3 Å². The first kappa shape index (κ1) is 8.30. The van der Waals surface area contributed by atoms with Crippen LogP contribution in [-0.4, -0.2) is 10.9 Å². The van der Waals surface area contributed by atoms with Crippen LogP contribution < -0.4 is 0 Å². The molecule has 13 heavy (non-hydrogen) atoms. The lowest BCUT2D eigenvalue weighted by Gasteiger charge is -1.97. The first-order valence-electron chi connectivity index (χ1n) is 4.56. The van der Waals surface area contributed by atoms with E-state index in [1.54, 1.807) is 0 Å². The summed E-state index contributed by atoms with van der Waals surface area (Å²) in [6.07, 6.45) is 1.12. The van der Waals surface area contributed by atoms with Gasteiger partial charge in [0.1, 0.15) is 0 Å². The molecule has 0 aromatic heterocycles. The first-order chi connectivity index (χ1) is 6.33. The third-order valence-electron chi connectivity index (χ3n) is 2.71. The highest BCUT2D eigenvalue weighted by atomic mass is 16.4. The van der Waals surface area contributed by atoms with Crippen LogP contribution in [0.15, 0.2) is 35.5 Å². The number of benzene rings is 1. The molecule has 1 aromatic rings. The van der Waals surface area contributed by atoms with Crippen molar-refractivity contribution in [1.82, 2.24) is 0 Å². The highest BCUT2D eigenvalue weighted by molar-refractivity contribution is 5.87. The topological polar surface area (TPSA) is 32.6 Å². The van der Waals surface area contributed by atoms with Gasteiger partial charge in [-0.15, -0.1) is 0 Å². The van der Waals surface area contributed by atoms with Crippen molar-refractivity contribution in [2.75, 3.05) is 0 Å². The Labute approximate surface area is 77.9 Å². The van der Waals surface area contributed by atoms with Crippen molar-refractivity contribution in [3.05, 3.63) is 35.9 Å². The van der Waals surface area contributed by atoms with Gasteiger partial charge in [0, 0.05) is 5.92 Å². The van der Waals surface area contributed by atoms with E-state index in [2.05, 4.69) is 29.4 Å². The van der Waals surface area contributed by atoms with E-state index in [9.17, 15) is 0 Å². The minimum absolute atomic E-state index is 0.465. The van der Waals surface area contributed by atoms with Gasteiger partial charge in [0.05, 0.1) is 5.71 Å². The molecule has 1 aromatic carbocycles. The van der Waals surface area contributed by atoms with Crippen LogP contribution in [0.4, 0.5) is 0 Å². The van der Waals surface area contributed by atoms with Crippen molar-refractivity contribution in [3.8, 4) is 0 Å². The van der Waals surface area contributed by atoms with Crippen LogP contribution in [0.5, 0.6) is 0 Å². The SMILES string of the molecule is C/C(=N\O)[C@H]1C[C@@H]1c1ccccc1. The Kier molecular flexibility index (Phi) is 2.05. The van der Waals surface area contributed by atoms with Gasteiger partial charge in [-0.1, -0.05) is 35.5 Å². The second-order valence-corrected chi connectivity index (χ2v) is 3.60. The van der Waals surface area contributed by atoms with Gasteiger partial charge < -0.3 is 5.21 Å². The molecule has 2 rings (SSSR count). The van der Waals surface area contributed by atoms with Crippen LogP contribution in [0.2, 0.25) is 0 Å². The number of oxime groups is 1. The van der Waals surface area contributed by atoms with Crippen LogP contribution in [0.1, 0.15) is 24.8 Å². The maximum atomic E-state index is 8.60. The first-order valence-corrected chi connectivity index (χ1v) is 4.56. The molecule has 0 radical (unpaired) electrons. The van der Waals surface area contributed by atoms with Crippen molar-refractivity contribution >= 4 is 5.71 Å². The molecule has 0 bridgehead atoms. The van der Waals surface area contributed by atoms with Gasteiger partial charge in [0.25, 0.3) is 0 Å². The van der Waals surface area contributed by atoms with E-state index in [1.165, 1.54) is 5.56 Å². The van der Waals surface area contributed by atoms with Crippen molar-refractivity contribution in [3.63, 3.8) is 0 Å². The third-order valence-corrected chi connectivity index (χ3v) is 2.71. The molecular formula is C11H13NO. The van der Waals surface area contributed by atoms with Gasteiger partial charge in [0.15, 0.2) is 0 Å². The smallest absolute Gasteiger partial charge is 0.0577 e. The Morgan fingerprint density at radius 2 is 2.08 bits per heavy atom. The average Bonchev–Trinajstić information content (AvgIpc) is 2.98. The molecule has 0 unspecified atom stereocenters. The molecule has 0 aliphatic heterocycles. The Morgan fingerprint density at radius 1 is 1.38 bits per heavy atom. The van der Waals surface area contributed by atoms with Gasteiger partial charge in [-0.25, -0.2) is 0 Å². The van der Waals surface area contributed by atoms with Gasteiger partial charge >= 0.3 is 0 Å². The lowest BCUT2D eigenvalue weighted by Crippen LogP contribution is -1.95. The Hall–Kier alpha value is -1.31. The molecule has 0 spiro atoms. The lowest BCUT2D eigenvalue weighted by molar-refractivity contribution is 0.316. The molecule has 1 aliphatic carbocycles. The van der Waals surface area contributed by atoms with Gasteiger partial charge in [0.2, 0.25) is 0 Å². The second kappa shape index (κ2) is 3.21. The van der Waals surface area contributed by atoms with E-state index >= 15 is 0 Å². The maximum Gasteiger partial charge on any atom is 0.0577 e. The number of nitrogens with zero attached hydrogens (tertiary/aromatic N) is 1. The van der Waals surface area contributed by atoms with E-state index in [-0.39, 0.29) is 0 Å². The van der Waals surface area contributed by atoms with Crippen LogP contribution in [0, 0.1) is 5.92 Å². The molecule has 2 heteroatoms. The summed E-state index contributed by atoms with van der Waals surface area (Å²) in [5.41, 5.74) is 2.21. The zero-order valence-corrected chi connectivity index (χ0v) is 7.64. The summed E-state index contributed by atoms with van der Waals surface area (Å²) < 4.78 is 0. The van der Waals surface area contributed by atoms with E-state index in [0.717, 1.165) is 12.1 Å². The average molecular weight is 175 g/mol. The number of hydrogen-bond acceptors (Lipinski definition) is 2. The summed E-state index contributed by atoms with van der Waals surface area (Å²) in [5.74, 6) is 1.05. The summed E-state index contributed by atoms with van der Waals surface area (Å²) in [4.78, 5) is 0. The summed E-state index contributed by atoms with van der Waals surface area (Å²) >= 11 is 0. The molecular weight excluding hydrogens is 162 g/mol. The molecule has 1 N–H and O–H groups in total. The standard InChI is InChI=1S/C11H13NO/c1-8(12-13)10-7-11(10)9-5-3-2-4-6-9/h2-6,10-11,13H,7H2,1H3/b12-8+/t10-,11-/m1/s1. The minimum Gasteiger partial charge on any atom is -0.411 e. The zero-order chi connectivity index (χ0) is 9.26. The largest absolute Gasteiger partial charge is 0.411 e. The highest BCUT2D eigenvalue weighted by Crippen LogP contribution is 2.48. The van der Waals surface area contributed by atoms with Crippen LogP contribution in [-0.2, 0) is 0 Å². The van der Waals surface area contributed by atoms with E-state index in [1.807, 2.05) is 13.0 Å². The van der Waals surface area contributed by atoms with Crippen molar-refractivity contribution < 1.29 is 5.21 Å². The fourth-order valence-corrected chi connectivity index (χ4v) is 1.80. The third kappa shape index (κ3) is 1.57. The van der Waals surface area contributed by atoms with Crippen LogP contribution >= 0.6 is 0 Å². The predicted molar refractivity (Wildman–Crippen MR) is 52.2 cm³/mol. The predicted octanol–water partition coefficient (Wildman–Crippen LogP) is 2.64. The molecule has 0 heterocycles. The molecule has 2 nitrogen and oxygen atoms in total. The molecule has 68 valence electrons. The Morgan fingerprint density at radius 3 is 2.69 bits per heavy atom. The molecule has 0 amide bonds. The second-order valence-electron chi connectivity index (χ2n) is 3.60. The molecule has 1 fully saturated rings. The highest BCUT2D eigenvalue weighted by Gasteiger charge is 2.40. The van der Waals surface area contributed by atoms with Gasteiger partial charge in [-0.3, -0.25) is 0 Å². The lowest BCUT2D eigenvalue weighted by atomic mass is 10.1. The molecule has 1 saturated carbocycles. The van der Waals surface area contributed by atoms with E-state index in [0.29, 0.717) is 11.8 Å². The van der Waals surface area contributed by atoms with Crippen molar-refractivity contribution in [2.24, 2.45) is 11.1 Å². The summed E-state index contributed by atoms with van der Waals surface area (Å²) in [6.45, 7) is 1.88.